The van der Waals surface area contributed by atoms with Gasteiger partial charge in [0, 0.05) is 23.9 Å². The van der Waals surface area contributed by atoms with E-state index in [4.69, 9.17) is 0 Å². The van der Waals surface area contributed by atoms with Gasteiger partial charge < -0.3 is 5.32 Å². The number of hydrogen-bond donors (Lipinski definition) is 2. The van der Waals surface area contributed by atoms with Crippen molar-refractivity contribution in [2.45, 2.75) is 127 Å². The summed E-state index contributed by atoms with van der Waals surface area (Å²) in [6.07, 6.45) is 20.8. The van der Waals surface area contributed by atoms with Crippen molar-refractivity contribution in [3.63, 3.8) is 0 Å². The summed E-state index contributed by atoms with van der Waals surface area (Å²) in [7, 11) is 0. The standard InChI is InChI=1S/C22H40N2S.C7H16.C2H6.C2H2/c1-9-13-14-20(11-3)16-25-24-21(12-4)19(8)23-22(15-17(5)6)18(7)10-2;1-6(2)5-7(3)4;2*1-2/h9,11,13-14,17,19,21-24H,3,7,10,12,15-16H2,1-2,4-6,8H3;6-7H,5H2,1-4H3;1-2H3;1-2H/b13-9-,20-14+;;;. The molecule has 0 aliphatic rings. The van der Waals surface area contributed by atoms with E-state index in [9.17, 15) is 0 Å². The topological polar surface area (TPSA) is 24.1 Å². The quantitative estimate of drug-likeness (QED) is 0.0916. The van der Waals surface area contributed by atoms with Crippen molar-refractivity contribution in [2.75, 3.05) is 5.75 Å². The van der Waals surface area contributed by atoms with Crippen molar-refractivity contribution in [3.8, 4) is 12.8 Å². The van der Waals surface area contributed by atoms with Gasteiger partial charge in [0.25, 0.3) is 0 Å². The second kappa shape index (κ2) is 30.0. The van der Waals surface area contributed by atoms with Crippen LogP contribution in [-0.2, 0) is 0 Å². The maximum absolute atomic E-state index is 4.28. The molecular weight excluding hydrogens is 456 g/mol. The van der Waals surface area contributed by atoms with E-state index in [-0.39, 0.29) is 0 Å². The van der Waals surface area contributed by atoms with Crippen molar-refractivity contribution in [2.24, 2.45) is 17.8 Å². The summed E-state index contributed by atoms with van der Waals surface area (Å²) in [6, 6.07) is 1.23. The lowest BCUT2D eigenvalue weighted by Crippen LogP contribution is -2.48. The predicted octanol–water partition coefficient (Wildman–Crippen LogP) is 10.0. The van der Waals surface area contributed by atoms with Crippen LogP contribution >= 0.6 is 11.9 Å². The molecule has 36 heavy (non-hydrogen) atoms. The summed E-state index contributed by atoms with van der Waals surface area (Å²) in [5.74, 6) is 3.34. The van der Waals surface area contributed by atoms with Crippen LogP contribution in [-0.4, -0.2) is 23.9 Å². The molecule has 0 aliphatic heterocycles. The van der Waals surface area contributed by atoms with Gasteiger partial charge in [-0.25, -0.2) is 0 Å². The van der Waals surface area contributed by atoms with Gasteiger partial charge in [0.05, 0.1) is 0 Å². The van der Waals surface area contributed by atoms with Crippen LogP contribution in [0.1, 0.15) is 109 Å². The zero-order valence-electron chi connectivity index (χ0n) is 26.3. The number of terminal acetylenes is 1. The van der Waals surface area contributed by atoms with Crippen LogP contribution in [0.25, 0.3) is 0 Å². The van der Waals surface area contributed by atoms with Crippen LogP contribution in [0.3, 0.4) is 0 Å². The third kappa shape index (κ3) is 27.4. The molecule has 3 atom stereocenters. The zero-order valence-corrected chi connectivity index (χ0v) is 27.1. The SMILES string of the molecule is C#C.C=C/C(=C\C=C/C)CSNC(CC)C(C)NC(CC(C)C)C(=C)CC.CC.CC(C)CC(C)C. The Labute approximate surface area is 233 Å². The molecule has 0 aromatic carbocycles. The van der Waals surface area contributed by atoms with Crippen LogP contribution in [0.15, 0.2) is 48.6 Å². The van der Waals surface area contributed by atoms with E-state index in [0.29, 0.717) is 24.0 Å². The largest absolute Gasteiger partial charge is 0.306 e. The Morgan fingerprint density at radius 1 is 0.917 bits per heavy atom. The zero-order chi connectivity index (χ0) is 29.1. The molecule has 0 heterocycles. The first kappa shape index (κ1) is 41.9. The number of nitrogens with one attached hydrogen (secondary N) is 2. The third-order valence-corrected chi connectivity index (χ3v) is 6.29. The molecule has 2 N–H and O–H groups in total. The van der Waals surface area contributed by atoms with Crippen molar-refractivity contribution in [3.05, 3.63) is 48.6 Å². The Bertz CT molecular complexity index is 563. The lowest BCUT2D eigenvalue weighted by atomic mass is 9.94. The van der Waals surface area contributed by atoms with Gasteiger partial charge in [0.1, 0.15) is 0 Å². The molecule has 0 saturated carbocycles. The summed E-state index contributed by atoms with van der Waals surface area (Å²) < 4.78 is 3.64. The van der Waals surface area contributed by atoms with Gasteiger partial charge in [0.15, 0.2) is 0 Å². The summed E-state index contributed by atoms with van der Waals surface area (Å²) in [5, 5.41) is 3.82. The highest BCUT2D eigenvalue weighted by molar-refractivity contribution is 7.97. The van der Waals surface area contributed by atoms with Crippen molar-refractivity contribution in [1.29, 1.82) is 0 Å². The van der Waals surface area contributed by atoms with Crippen LogP contribution in [0.5, 0.6) is 0 Å². The fraction of sp³-hybridized carbons (Fsp3) is 0.697. The van der Waals surface area contributed by atoms with E-state index in [1.54, 1.807) is 11.9 Å². The molecule has 0 bridgehead atoms. The fourth-order valence-corrected chi connectivity index (χ4v) is 4.66. The van der Waals surface area contributed by atoms with Gasteiger partial charge in [0.2, 0.25) is 0 Å². The molecule has 0 rings (SSSR count). The first-order valence-electron chi connectivity index (χ1n) is 14.1. The molecule has 0 fully saturated rings. The maximum Gasteiger partial charge on any atom is 0.0330 e. The average Bonchev–Trinajstić information content (AvgIpc) is 2.84. The van der Waals surface area contributed by atoms with E-state index in [1.807, 2.05) is 32.9 Å². The number of allylic oxidation sites excluding steroid dienone is 4. The molecule has 0 aromatic heterocycles. The summed E-state index contributed by atoms with van der Waals surface area (Å²) in [4.78, 5) is 0. The van der Waals surface area contributed by atoms with E-state index >= 15 is 0 Å². The van der Waals surface area contributed by atoms with E-state index in [0.717, 1.165) is 36.9 Å². The minimum Gasteiger partial charge on any atom is -0.306 e. The lowest BCUT2D eigenvalue weighted by Gasteiger charge is -2.31. The molecule has 0 radical (unpaired) electrons. The van der Waals surface area contributed by atoms with Gasteiger partial charge in [-0.05, 0) is 62.9 Å². The third-order valence-electron chi connectivity index (χ3n) is 5.34. The smallest absolute Gasteiger partial charge is 0.0330 e. The highest BCUT2D eigenvalue weighted by atomic mass is 32.2. The lowest BCUT2D eigenvalue weighted by molar-refractivity contribution is 0.362. The monoisotopic (exact) mass is 520 g/mol. The molecule has 0 aliphatic carbocycles. The predicted molar refractivity (Wildman–Crippen MR) is 174 cm³/mol. The molecule has 212 valence electrons. The van der Waals surface area contributed by atoms with Crippen LogP contribution in [0.2, 0.25) is 0 Å². The Kier molecular flexibility index (Phi) is 34.9. The Hall–Kier alpha value is -1.21. The van der Waals surface area contributed by atoms with Gasteiger partial charge in [-0.2, -0.15) is 0 Å². The van der Waals surface area contributed by atoms with Crippen LogP contribution in [0.4, 0.5) is 0 Å². The Morgan fingerprint density at radius 2 is 1.42 bits per heavy atom. The second-order valence-corrected chi connectivity index (χ2v) is 10.9. The maximum atomic E-state index is 4.28. The van der Waals surface area contributed by atoms with E-state index in [2.05, 4.69) is 111 Å². The minimum absolute atomic E-state index is 0.399. The van der Waals surface area contributed by atoms with Gasteiger partial charge in [-0.1, -0.05) is 124 Å². The molecule has 0 spiro atoms. The first-order valence-corrected chi connectivity index (χ1v) is 15.1. The number of rotatable bonds is 16. The van der Waals surface area contributed by atoms with E-state index in [1.165, 1.54) is 17.6 Å². The van der Waals surface area contributed by atoms with Crippen molar-refractivity contribution in [1.82, 2.24) is 10.0 Å². The molecular formula is C33H64N2S. The molecule has 0 amide bonds. The minimum atomic E-state index is 0.399. The molecule has 0 saturated heterocycles. The molecule has 3 unspecified atom stereocenters. The Morgan fingerprint density at radius 3 is 1.75 bits per heavy atom. The molecule has 0 aromatic rings. The first-order chi connectivity index (χ1) is 17.0. The van der Waals surface area contributed by atoms with Gasteiger partial charge in [-0.3, -0.25) is 4.72 Å². The van der Waals surface area contributed by atoms with Crippen molar-refractivity contribution >= 4 is 11.9 Å². The fourth-order valence-electron chi connectivity index (χ4n) is 3.61. The molecule has 2 nitrogen and oxygen atoms in total. The van der Waals surface area contributed by atoms with Crippen LogP contribution in [0, 0.1) is 30.6 Å². The van der Waals surface area contributed by atoms with Crippen LogP contribution < -0.4 is 10.0 Å². The normalized spacial score (nSPS) is 13.6. The average molecular weight is 521 g/mol. The summed E-state index contributed by atoms with van der Waals surface area (Å²) >= 11 is 1.77. The van der Waals surface area contributed by atoms with Gasteiger partial charge >= 0.3 is 0 Å². The van der Waals surface area contributed by atoms with Gasteiger partial charge in [-0.15, -0.1) is 12.8 Å². The second-order valence-electron chi connectivity index (χ2n) is 10.1. The Balaban J connectivity index is -0.000000392. The highest BCUT2D eigenvalue weighted by Gasteiger charge is 2.21. The van der Waals surface area contributed by atoms with E-state index < -0.39 is 0 Å². The van der Waals surface area contributed by atoms with Crippen molar-refractivity contribution < 1.29 is 0 Å². The molecule has 3 heteroatoms. The summed E-state index contributed by atoms with van der Waals surface area (Å²) in [5.41, 5.74) is 2.55. The number of hydrogen-bond acceptors (Lipinski definition) is 3. The summed E-state index contributed by atoms with van der Waals surface area (Å²) in [6.45, 7) is 34.5. The highest BCUT2D eigenvalue weighted by Crippen LogP contribution is 2.17.